The molecule has 2 atom stereocenters. The summed E-state index contributed by atoms with van der Waals surface area (Å²) in [5.74, 6) is -1.48. The van der Waals surface area contributed by atoms with Gasteiger partial charge in [-0.2, -0.15) is 0 Å². The quantitative estimate of drug-likeness (QED) is 0.833. The van der Waals surface area contributed by atoms with Crippen LogP contribution in [0.2, 0.25) is 0 Å². The molecule has 0 bridgehead atoms. The number of hydrogen-bond donors (Lipinski definition) is 1. The van der Waals surface area contributed by atoms with Gasteiger partial charge in [-0.1, -0.05) is 12.1 Å². The second-order valence-corrected chi connectivity index (χ2v) is 6.10. The Bertz CT molecular complexity index is 656. The lowest BCUT2D eigenvalue weighted by Gasteiger charge is -2.20. The second-order valence-electron chi connectivity index (χ2n) is 6.10. The van der Waals surface area contributed by atoms with Crippen LogP contribution in [-0.4, -0.2) is 37.0 Å². The van der Waals surface area contributed by atoms with Gasteiger partial charge in [-0.3, -0.25) is 14.4 Å². The highest BCUT2D eigenvalue weighted by molar-refractivity contribution is 6.00. The van der Waals surface area contributed by atoms with Crippen molar-refractivity contribution in [1.29, 1.82) is 0 Å². The highest BCUT2D eigenvalue weighted by Crippen LogP contribution is 2.30. The van der Waals surface area contributed by atoms with E-state index in [0.717, 1.165) is 16.8 Å². The average molecular weight is 332 g/mol. The molecule has 1 heterocycles. The van der Waals surface area contributed by atoms with Crippen LogP contribution in [0.4, 0.5) is 5.69 Å². The van der Waals surface area contributed by atoms with Crippen molar-refractivity contribution in [3.05, 3.63) is 29.3 Å². The fraction of sp³-hybridized carbons (Fsp3) is 0.500. The number of likely N-dealkylation sites (N-methyl/N-ethyl adjacent to an activating group) is 1. The second kappa shape index (κ2) is 7.47. The largest absolute Gasteiger partial charge is 0.452 e. The van der Waals surface area contributed by atoms with Gasteiger partial charge in [-0.25, -0.2) is 0 Å². The highest BCUT2D eigenvalue weighted by Gasteiger charge is 2.37. The maximum atomic E-state index is 12.3. The predicted octanol–water partition coefficient (Wildman–Crippen LogP) is 1.72. The molecule has 2 rings (SSSR count). The summed E-state index contributed by atoms with van der Waals surface area (Å²) in [5, 5.41) is 2.60. The summed E-state index contributed by atoms with van der Waals surface area (Å²) in [6, 6.07) is 5.76. The van der Waals surface area contributed by atoms with E-state index in [2.05, 4.69) is 5.32 Å². The SMILES string of the molecule is CCNC(=O)[C@@H](C)OC(=O)[C@@H]1CC(=O)N(c2cccc(C)c2C)C1. The zero-order valence-electron chi connectivity index (χ0n) is 14.6. The van der Waals surface area contributed by atoms with Gasteiger partial charge in [0, 0.05) is 25.2 Å². The Morgan fingerprint density at radius 2 is 2.08 bits per heavy atom. The molecule has 1 aliphatic heterocycles. The Kier molecular flexibility index (Phi) is 5.59. The molecule has 0 aliphatic carbocycles. The minimum atomic E-state index is -0.859. The molecule has 1 saturated heterocycles. The number of anilines is 1. The molecule has 0 saturated carbocycles. The third-order valence-corrected chi connectivity index (χ3v) is 4.34. The van der Waals surface area contributed by atoms with Crippen molar-refractivity contribution in [2.75, 3.05) is 18.0 Å². The normalized spacial score (nSPS) is 18.4. The molecule has 6 nitrogen and oxygen atoms in total. The highest BCUT2D eigenvalue weighted by atomic mass is 16.5. The van der Waals surface area contributed by atoms with Gasteiger partial charge in [0.25, 0.3) is 5.91 Å². The summed E-state index contributed by atoms with van der Waals surface area (Å²) in [7, 11) is 0. The monoisotopic (exact) mass is 332 g/mol. The van der Waals surface area contributed by atoms with Crippen molar-refractivity contribution in [3.8, 4) is 0 Å². The summed E-state index contributed by atoms with van der Waals surface area (Å²) in [5.41, 5.74) is 2.94. The van der Waals surface area contributed by atoms with Crippen molar-refractivity contribution in [1.82, 2.24) is 5.32 Å². The fourth-order valence-corrected chi connectivity index (χ4v) is 2.77. The summed E-state index contributed by atoms with van der Waals surface area (Å²) >= 11 is 0. The van der Waals surface area contributed by atoms with E-state index in [1.807, 2.05) is 32.0 Å². The topological polar surface area (TPSA) is 75.7 Å². The van der Waals surface area contributed by atoms with E-state index in [0.29, 0.717) is 6.54 Å². The Labute approximate surface area is 142 Å². The number of nitrogens with zero attached hydrogens (tertiary/aromatic N) is 1. The Balaban J connectivity index is 2.05. The number of esters is 1. The van der Waals surface area contributed by atoms with E-state index < -0.39 is 18.0 Å². The Morgan fingerprint density at radius 3 is 2.75 bits per heavy atom. The zero-order chi connectivity index (χ0) is 17.9. The number of benzene rings is 1. The van der Waals surface area contributed by atoms with E-state index >= 15 is 0 Å². The molecule has 130 valence electrons. The van der Waals surface area contributed by atoms with Crippen molar-refractivity contribution in [2.45, 2.75) is 40.2 Å². The maximum absolute atomic E-state index is 12.3. The predicted molar refractivity (Wildman–Crippen MR) is 90.6 cm³/mol. The summed E-state index contributed by atoms with van der Waals surface area (Å²) in [6.45, 7) is 8.03. The molecule has 2 amide bonds. The molecule has 1 aliphatic rings. The molecule has 1 aromatic carbocycles. The van der Waals surface area contributed by atoms with Gasteiger partial charge in [0.2, 0.25) is 5.91 Å². The van der Waals surface area contributed by atoms with Gasteiger partial charge >= 0.3 is 5.97 Å². The van der Waals surface area contributed by atoms with Crippen LogP contribution >= 0.6 is 0 Å². The van der Waals surface area contributed by atoms with E-state index in [1.54, 1.807) is 11.8 Å². The fourth-order valence-electron chi connectivity index (χ4n) is 2.77. The first-order valence-electron chi connectivity index (χ1n) is 8.20. The lowest BCUT2D eigenvalue weighted by atomic mass is 10.1. The summed E-state index contributed by atoms with van der Waals surface area (Å²) in [4.78, 5) is 37.9. The first-order valence-corrected chi connectivity index (χ1v) is 8.20. The van der Waals surface area contributed by atoms with Gasteiger partial charge < -0.3 is 15.0 Å². The van der Waals surface area contributed by atoms with Crippen LogP contribution < -0.4 is 10.2 Å². The standard InChI is InChI=1S/C18H24N2O4/c1-5-19-17(22)13(4)24-18(23)14-9-16(21)20(10-14)15-8-6-7-11(2)12(15)3/h6-8,13-14H,5,9-10H2,1-4H3,(H,19,22)/t13-,14-/m1/s1. The summed E-state index contributed by atoms with van der Waals surface area (Å²) < 4.78 is 5.21. The Morgan fingerprint density at radius 1 is 1.38 bits per heavy atom. The number of hydrogen-bond acceptors (Lipinski definition) is 4. The zero-order valence-corrected chi connectivity index (χ0v) is 14.6. The number of ether oxygens (including phenoxy) is 1. The maximum Gasteiger partial charge on any atom is 0.312 e. The molecule has 6 heteroatoms. The Hall–Kier alpha value is -2.37. The number of aryl methyl sites for hydroxylation is 1. The van der Waals surface area contributed by atoms with Gasteiger partial charge in [0.15, 0.2) is 6.10 Å². The van der Waals surface area contributed by atoms with Crippen LogP contribution in [-0.2, 0) is 19.1 Å². The molecule has 0 spiro atoms. The molecule has 0 unspecified atom stereocenters. The minimum Gasteiger partial charge on any atom is -0.452 e. The lowest BCUT2D eigenvalue weighted by molar-refractivity contribution is -0.158. The van der Waals surface area contributed by atoms with Crippen LogP contribution in [0.1, 0.15) is 31.4 Å². The van der Waals surface area contributed by atoms with Crippen LogP contribution in [0, 0.1) is 19.8 Å². The van der Waals surface area contributed by atoms with Crippen molar-refractivity contribution < 1.29 is 19.1 Å². The van der Waals surface area contributed by atoms with E-state index in [4.69, 9.17) is 4.74 Å². The van der Waals surface area contributed by atoms with Crippen molar-refractivity contribution >= 4 is 23.5 Å². The number of carbonyl (C=O) groups excluding carboxylic acids is 3. The number of nitrogens with one attached hydrogen (secondary N) is 1. The van der Waals surface area contributed by atoms with Crippen molar-refractivity contribution in [3.63, 3.8) is 0 Å². The van der Waals surface area contributed by atoms with Crippen LogP contribution in [0.5, 0.6) is 0 Å². The number of carbonyl (C=O) groups is 3. The molecule has 0 aromatic heterocycles. The minimum absolute atomic E-state index is 0.101. The third kappa shape index (κ3) is 3.75. The average Bonchev–Trinajstić information content (AvgIpc) is 2.92. The van der Waals surface area contributed by atoms with Gasteiger partial charge in [-0.05, 0) is 44.9 Å². The van der Waals surface area contributed by atoms with E-state index in [9.17, 15) is 14.4 Å². The van der Waals surface area contributed by atoms with Crippen molar-refractivity contribution in [2.24, 2.45) is 5.92 Å². The van der Waals surface area contributed by atoms with Crippen LogP contribution in [0.25, 0.3) is 0 Å². The molecular weight excluding hydrogens is 308 g/mol. The molecular formula is C18H24N2O4. The lowest BCUT2D eigenvalue weighted by Crippen LogP contribution is -2.37. The molecule has 0 radical (unpaired) electrons. The molecule has 1 N–H and O–H groups in total. The van der Waals surface area contributed by atoms with Crippen LogP contribution in [0.15, 0.2) is 18.2 Å². The van der Waals surface area contributed by atoms with E-state index in [1.165, 1.54) is 6.92 Å². The molecule has 1 fully saturated rings. The van der Waals surface area contributed by atoms with Gasteiger partial charge in [0.05, 0.1) is 5.92 Å². The van der Waals surface area contributed by atoms with Crippen LogP contribution in [0.3, 0.4) is 0 Å². The first-order chi connectivity index (χ1) is 11.3. The smallest absolute Gasteiger partial charge is 0.312 e. The molecule has 24 heavy (non-hydrogen) atoms. The third-order valence-electron chi connectivity index (χ3n) is 4.34. The number of rotatable bonds is 5. The first kappa shape index (κ1) is 18.0. The van der Waals surface area contributed by atoms with Gasteiger partial charge in [0.1, 0.15) is 0 Å². The van der Waals surface area contributed by atoms with E-state index in [-0.39, 0.29) is 24.8 Å². The van der Waals surface area contributed by atoms with Gasteiger partial charge in [-0.15, -0.1) is 0 Å². The summed E-state index contributed by atoms with van der Waals surface area (Å²) in [6.07, 6.45) is -0.753. The number of amides is 2. The molecule has 1 aromatic rings.